The minimum Gasteiger partial charge on any atom is -0.280 e. The first-order valence-electron chi connectivity index (χ1n) is 8.60. The van der Waals surface area contributed by atoms with E-state index in [9.17, 15) is 26.8 Å². The molecule has 0 saturated carbocycles. The number of hydrazine groups is 1. The first kappa shape index (κ1) is 22.2. The van der Waals surface area contributed by atoms with Crippen molar-refractivity contribution >= 4 is 39.1 Å². The maximum Gasteiger partial charge on any atom is 0.269 e. The molecule has 0 aliphatic carbocycles. The summed E-state index contributed by atoms with van der Waals surface area (Å²) in [4.78, 5) is 24.1. The molecular formula is C20H14ClF2N3O4S. The van der Waals surface area contributed by atoms with Crippen molar-refractivity contribution in [1.29, 1.82) is 0 Å². The Bertz CT molecular complexity index is 1250. The molecule has 3 aromatic rings. The van der Waals surface area contributed by atoms with E-state index in [0.717, 1.165) is 18.2 Å². The number of hydrogen-bond acceptors (Lipinski definition) is 4. The molecule has 0 fully saturated rings. The lowest BCUT2D eigenvalue weighted by molar-refractivity contribution is 0.0846. The number of nitrogens with one attached hydrogen (secondary N) is 3. The van der Waals surface area contributed by atoms with Gasteiger partial charge in [0, 0.05) is 21.8 Å². The minimum atomic E-state index is -4.00. The molecule has 3 rings (SSSR count). The van der Waals surface area contributed by atoms with Crippen LogP contribution in [0.1, 0.15) is 20.7 Å². The summed E-state index contributed by atoms with van der Waals surface area (Å²) in [6.45, 7) is 0. The minimum absolute atomic E-state index is 0.0652. The van der Waals surface area contributed by atoms with Crippen LogP contribution in [0.4, 0.5) is 14.5 Å². The van der Waals surface area contributed by atoms with Crippen LogP contribution >= 0.6 is 11.6 Å². The number of carbonyl (C=O) groups excluding carboxylic acids is 2. The van der Waals surface area contributed by atoms with Crippen molar-refractivity contribution < 1.29 is 26.8 Å². The summed E-state index contributed by atoms with van der Waals surface area (Å²) < 4.78 is 53.6. The predicted octanol–water partition coefficient (Wildman–Crippen LogP) is 3.49. The number of anilines is 1. The van der Waals surface area contributed by atoms with E-state index in [1.807, 2.05) is 5.43 Å². The van der Waals surface area contributed by atoms with Gasteiger partial charge >= 0.3 is 0 Å². The van der Waals surface area contributed by atoms with Gasteiger partial charge in [0.15, 0.2) is 11.6 Å². The Hall–Kier alpha value is -3.50. The molecular weight excluding hydrogens is 452 g/mol. The average Bonchev–Trinajstić information content (AvgIpc) is 2.75. The van der Waals surface area contributed by atoms with E-state index < -0.39 is 33.5 Å². The van der Waals surface area contributed by atoms with Crippen LogP contribution in [0.5, 0.6) is 0 Å². The summed E-state index contributed by atoms with van der Waals surface area (Å²) in [5, 5.41) is 0.437. The average molecular weight is 466 g/mol. The Morgan fingerprint density at radius 1 is 0.774 bits per heavy atom. The van der Waals surface area contributed by atoms with E-state index in [-0.39, 0.29) is 21.7 Å². The maximum atomic E-state index is 13.2. The van der Waals surface area contributed by atoms with Crippen molar-refractivity contribution in [2.24, 2.45) is 0 Å². The molecule has 0 spiro atoms. The van der Waals surface area contributed by atoms with Gasteiger partial charge in [-0.2, -0.15) is 0 Å². The molecule has 0 bridgehead atoms. The summed E-state index contributed by atoms with van der Waals surface area (Å²) in [6, 6.07) is 13.5. The van der Waals surface area contributed by atoms with Gasteiger partial charge in [-0.25, -0.2) is 17.2 Å². The fourth-order valence-electron chi connectivity index (χ4n) is 2.43. The fraction of sp³-hybridized carbons (Fsp3) is 0. The fourth-order valence-corrected chi connectivity index (χ4v) is 3.66. The number of carbonyl (C=O) groups is 2. The van der Waals surface area contributed by atoms with Gasteiger partial charge in [0.1, 0.15) is 0 Å². The molecule has 31 heavy (non-hydrogen) atoms. The van der Waals surface area contributed by atoms with Crippen molar-refractivity contribution in [1.82, 2.24) is 10.9 Å². The molecule has 7 nitrogen and oxygen atoms in total. The van der Waals surface area contributed by atoms with Crippen molar-refractivity contribution in [2.45, 2.75) is 4.90 Å². The van der Waals surface area contributed by atoms with Crippen LogP contribution in [0.15, 0.2) is 71.6 Å². The highest BCUT2D eigenvalue weighted by atomic mass is 35.5. The normalized spacial score (nSPS) is 10.9. The van der Waals surface area contributed by atoms with Gasteiger partial charge in [-0.15, -0.1) is 0 Å². The second-order valence-corrected chi connectivity index (χ2v) is 8.30. The maximum absolute atomic E-state index is 13.2. The monoisotopic (exact) mass is 465 g/mol. The molecule has 0 heterocycles. The van der Waals surface area contributed by atoms with E-state index in [1.165, 1.54) is 42.5 Å². The van der Waals surface area contributed by atoms with Crippen molar-refractivity contribution in [3.05, 3.63) is 94.5 Å². The summed E-state index contributed by atoms with van der Waals surface area (Å²) in [5.74, 6) is -4.05. The summed E-state index contributed by atoms with van der Waals surface area (Å²) in [5.41, 5.74) is 4.11. The lowest BCUT2D eigenvalue weighted by atomic mass is 10.2. The molecule has 160 valence electrons. The zero-order valence-corrected chi connectivity index (χ0v) is 17.1. The molecule has 0 radical (unpaired) electrons. The van der Waals surface area contributed by atoms with E-state index in [2.05, 4.69) is 10.1 Å². The van der Waals surface area contributed by atoms with Crippen LogP contribution in [0.2, 0.25) is 5.02 Å². The van der Waals surface area contributed by atoms with E-state index >= 15 is 0 Å². The quantitative estimate of drug-likeness (QED) is 0.502. The predicted molar refractivity (Wildman–Crippen MR) is 110 cm³/mol. The Labute approximate surface area is 181 Å². The van der Waals surface area contributed by atoms with E-state index in [0.29, 0.717) is 11.1 Å². The van der Waals surface area contributed by atoms with Crippen LogP contribution in [-0.4, -0.2) is 20.2 Å². The second kappa shape index (κ2) is 9.11. The number of rotatable bonds is 5. The van der Waals surface area contributed by atoms with Gasteiger partial charge in [0.25, 0.3) is 21.8 Å². The van der Waals surface area contributed by atoms with Crippen LogP contribution in [0.3, 0.4) is 0 Å². The zero-order valence-electron chi connectivity index (χ0n) is 15.5. The zero-order chi connectivity index (χ0) is 22.6. The lowest BCUT2D eigenvalue weighted by Crippen LogP contribution is -2.41. The largest absolute Gasteiger partial charge is 0.280 e. The SMILES string of the molecule is O=C(NNC(=O)c1ccc(F)c(F)c1)c1cccc(S(=O)(=O)Nc2ccc(Cl)cc2)c1. The molecule has 0 unspecified atom stereocenters. The third-order valence-electron chi connectivity index (χ3n) is 3.97. The number of amides is 2. The number of benzene rings is 3. The van der Waals surface area contributed by atoms with Gasteiger partial charge in [-0.1, -0.05) is 17.7 Å². The van der Waals surface area contributed by atoms with Crippen LogP contribution in [0, 0.1) is 11.6 Å². The topological polar surface area (TPSA) is 104 Å². The van der Waals surface area contributed by atoms with Crippen molar-refractivity contribution in [3.8, 4) is 0 Å². The number of halogens is 3. The molecule has 0 saturated heterocycles. The van der Waals surface area contributed by atoms with Crippen molar-refractivity contribution in [2.75, 3.05) is 4.72 Å². The van der Waals surface area contributed by atoms with Gasteiger partial charge in [-0.3, -0.25) is 25.2 Å². The highest BCUT2D eigenvalue weighted by Gasteiger charge is 2.17. The molecule has 0 aliphatic heterocycles. The number of sulfonamides is 1. The lowest BCUT2D eigenvalue weighted by Gasteiger charge is -2.11. The van der Waals surface area contributed by atoms with Gasteiger partial charge in [0.2, 0.25) is 0 Å². The molecule has 3 N–H and O–H groups in total. The highest BCUT2D eigenvalue weighted by molar-refractivity contribution is 7.92. The molecule has 0 aliphatic rings. The summed E-state index contributed by atoms with van der Waals surface area (Å²) >= 11 is 5.77. The smallest absolute Gasteiger partial charge is 0.269 e. The van der Waals surface area contributed by atoms with Gasteiger partial charge < -0.3 is 0 Å². The first-order chi connectivity index (χ1) is 14.7. The van der Waals surface area contributed by atoms with E-state index in [4.69, 9.17) is 11.6 Å². The second-order valence-electron chi connectivity index (χ2n) is 6.18. The van der Waals surface area contributed by atoms with Crippen LogP contribution in [0.25, 0.3) is 0 Å². The molecule has 0 atom stereocenters. The highest BCUT2D eigenvalue weighted by Crippen LogP contribution is 2.19. The van der Waals surface area contributed by atoms with Crippen LogP contribution in [-0.2, 0) is 10.0 Å². The van der Waals surface area contributed by atoms with Gasteiger partial charge in [0.05, 0.1) is 4.90 Å². The van der Waals surface area contributed by atoms with Crippen LogP contribution < -0.4 is 15.6 Å². The first-order valence-corrected chi connectivity index (χ1v) is 10.5. The van der Waals surface area contributed by atoms with Gasteiger partial charge in [-0.05, 0) is 60.7 Å². The molecule has 2 amide bonds. The standard InChI is InChI=1S/C20H14ClF2N3O4S/c21-14-5-7-15(8-6-14)26-31(29,30)16-3-1-2-12(10-16)19(27)24-25-20(28)13-4-9-17(22)18(23)11-13/h1-11,26H,(H,24,27)(H,25,28). The Kier molecular flexibility index (Phi) is 6.52. The summed E-state index contributed by atoms with van der Waals surface area (Å²) in [7, 11) is -4.00. The Morgan fingerprint density at radius 3 is 2.00 bits per heavy atom. The molecule has 0 aromatic heterocycles. The molecule has 3 aromatic carbocycles. The summed E-state index contributed by atoms with van der Waals surface area (Å²) in [6.07, 6.45) is 0. The number of hydrogen-bond donors (Lipinski definition) is 3. The van der Waals surface area contributed by atoms with Crippen molar-refractivity contribution in [3.63, 3.8) is 0 Å². The Balaban J connectivity index is 1.69. The Morgan fingerprint density at radius 2 is 1.39 bits per heavy atom. The molecule has 11 heteroatoms. The third-order valence-corrected chi connectivity index (χ3v) is 5.61. The van der Waals surface area contributed by atoms with E-state index in [1.54, 1.807) is 0 Å². The third kappa shape index (κ3) is 5.56.